The number of nitrogens with zero attached hydrogens (tertiary/aromatic N) is 3. The third kappa shape index (κ3) is 1.78. The van der Waals surface area contributed by atoms with Crippen LogP contribution in [0.25, 0.3) is 22.4 Å². The standard InChI is InChI=1S/C14H11F2N3/c1-8-7-17-4-3-10(8)14-18-13-11(16)5-9(15)6-12(13)19(14)2/h3-7H,1-2H3. The lowest BCUT2D eigenvalue weighted by molar-refractivity contribution is 0.590. The Hall–Kier alpha value is -2.30. The van der Waals surface area contributed by atoms with Gasteiger partial charge in [-0.05, 0) is 24.6 Å². The van der Waals surface area contributed by atoms with Gasteiger partial charge >= 0.3 is 0 Å². The van der Waals surface area contributed by atoms with Crippen LogP contribution in [0.4, 0.5) is 8.78 Å². The second kappa shape index (κ2) is 4.12. The first-order chi connectivity index (χ1) is 9.08. The van der Waals surface area contributed by atoms with E-state index in [1.54, 1.807) is 24.0 Å². The van der Waals surface area contributed by atoms with E-state index < -0.39 is 11.6 Å². The number of aromatic nitrogens is 3. The summed E-state index contributed by atoms with van der Waals surface area (Å²) in [6, 6.07) is 3.94. The number of pyridine rings is 1. The van der Waals surface area contributed by atoms with Crippen molar-refractivity contribution in [1.82, 2.24) is 14.5 Å². The molecule has 3 rings (SSSR count). The average Bonchev–Trinajstić information content (AvgIpc) is 2.68. The molecule has 3 aromatic rings. The summed E-state index contributed by atoms with van der Waals surface area (Å²) in [6.45, 7) is 1.90. The zero-order valence-corrected chi connectivity index (χ0v) is 10.5. The Kier molecular flexibility index (Phi) is 2.55. The molecule has 5 heteroatoms. The van der Waals surface area contributed by atoms with Crippen molar-refractivity contribution >= 4 is 11.0 Å². The Morgan fingerprint density at radius 3 is 2.74 bits per heavy atom. The number of halogens is 2. The lowest BCUT2D eigenvalue weighted by Gasteiger charge is -2.04. The van der Waals surface area contributed by atoms with Gasteiger partial charge in [0.2, 0.25) is 0 Å². The molecule has 0 saturated carbocycles. The Labute approximate surface area is 108 Å². The number of benzene rings is 1. The van der Waals surface area contributed by atoms with E-state index in [0.29, 0.717) is 11.3 Å². The highest BCUT2D eigenvalue weighted by Gasteiger charge is 2.15. The molecule has 0 N–H and O–H groups in total. The summed E-state index contributed by atoms with van der Waals surface area (Å²) in [5.41, 5.74) is 2.40. The maximum atomic E-state index is 13.7. The lowest BCUT2D eigenvalue weighted by atomic mass is 10.1. The molecule has 0 bridgehead atoms. The molecule has 2 aromatic heterocycles. The first kappa shape index (κ1) is 11.8. The smallest absolute Gasteiger partial charge is 0.153 e. The molecule has 0 aliphatic heterocycles. The minimum Gasteiger partial charge on any atom is -0.327 e. The molecule has 3 nitrogen and oxygen atoms in total. The van der Waals surface area contributed by atoms with Crippen molar-refractivity contribution in [2.75, 3.05) is 0 Å². The highest BCUT2D eigenvalue weighted by Crippen LogP contribution is 2.27. The number of hydrogen-bond donors (Lipinski definition) is 0. The fourth-order valence-corrected chi connectivity index (χ4v) is 2.18. The minimum absolute atomic E-state index is 0.176. The van der Waals surface area contributed by atoms with E-state index in [1.807, 2.05) is 13.0 Å². The third-order valence-corrected chi connectivity index (χ3v) is 3.17. The van der Waals surface area contributed by atoms with E-state index in [-0.39, 0.29) is 5.52 Å². The van der Waals surface area contributed by atoms with E-state index in [0.717, 1.165) is 17.2 Å². The molecule has 0 radical (unpaired) electrons. The molecule has 0 amide bonds. The third-order valence-electron chi connectivity index (χ3n) is 3.17. The van der Waals surface area contributed by atoms with Crippen LogP contribution in [0.2, 0.25) is 0 Å². The zero-order valence-electron chi connectivity index (χ0n) is 10.5. The van der Waals surface area contributed by atoms with Crippen molar-refractivity contribution in [2.45, 2.75) is 6.92 Å². The molecule has 0 saturated heterocycles. The fourth-order valence-electron chi connectivity index (χ4n) is 2.18. The molecular weight excluding hydrogens is 248 g/mol. The minimum atomic E-state index is -0.649. The maximum Gasteiger partial charge on any atom is 0.153 e. The molecule has 2 heterocycles. The Morgan fingerprint density at radius 2 is 2.00 bits per heavy atom. The van der Waals surface area contributed by atoms with Crippen molar-refractivity contribution in [3.05, 3.63) is 47.8 Å². The first-order valence-electron chi connectivity index (χ1n) is 5.80. The van der Waals surface area contributed by atoms with Crippen LogP contribution in [0, 0.1) is 18.6 Å². The van der Waals surface area contributed by atoms with Gasteiger partial charge in [0.15, 0.2) is 5.82 Å². The van der Waals surface area contributed by atoms with Gasteiger partial charge in [0.25, 0.3) is 0 Å². The van der Waals surface area contributed by atoms with Gasteiger partial charge < -0.3 is 4.57 Å². The van der Waals surface area contributed by atoms with Gasteiger partial charge in [-0.25, -0.2) is 13.8 Å². The number of aryl methyl sites for hydroxylation is 2. The number of rotatable bonds is 1. The van der Waals surface area contributed by atoms with Gasteiger partial charge in [-0.2, -0.15) is 0 Å². The molecule has 0 aliphatic carbocycles. The molecule has 1 aromatic carbocycles. The predicted molar refractivity (Wildman–Crippen MR) is 68.6 cm³/mol. The summed E-state index contributed by atoms with van der Waals surface area (Å²) >= 11 is 0. The molecule has 0 aliphatic rings. The van der Waals surface area contributed by atoms with Crippen molar-refractivity contribution < 1.29 is 8.78 Å². The molecule has 96 valence electrons. The van der Waals surface area contributed by atoms with Crippen LogP contribution in [-0.2, 0) is 7.05 Å². The summed E-state index contributed by atoms with van der Waals surface area (Å²) in [5.74, 6) is -0.658. The van der Waals surface area contributed by atoms with Crippen LogP contribution >= 0.6 is 0 Å². The summed E-state index contributed by atoms with van der Waals surface area (Å²) in [7, 11) is 1.74. The number of fused-ring (bicyclic) bond motifs is 1. The van der Waals surface area contributed by atoms with Crippen molar-refractivity contribution in [2.24, 2.45) is 7.05 Å². The summed E-state index contributed by atoms with van der Waals surface area (Å²) in [4.78, 5) is 8.29. The monoisotopic (exact) mass is 259 g/mol. The van der Waals surface area contributed by atoms with Gasteiger partial charge in [0.1, 0.15) is 17.2 Å². The maximum absolute atomic E-state index is 13.7. The largest absolute Gasteiger partial charge is 0.327 e. The number of hydrogen-bond acceptors (Lipinski definition) is 2. The van der Waals surface area contributed by atoms with Gasteiger partial charge in [-0.15, -0.1) is 0 Å². The summed E-state index contributed by atoms with van der Waals surface area (Å²) in [6.07, 6.45) is 3.37. The summed E-state index contributed by atoms with van der Waals surface area (Å²) < 4.78 is 28.7. The van der Waals surface area contributed by atoms with E-state index in [4.69, 9.17) is 0 Å². The van der Waals surface area contributed by atoms with Crippen molar-refractivity contribution in [1.29, 1.82) is 0 Å². The Morgan fingerprint density at radius 1 is 1.21 bits per heavy atom. The van der Waals surface area contributed by atoms with Gasteiger partial charge in [0, 0.05) is 31.1 Å². The normalized spacial score (nSPS) is 11.2. The van der Waals surface area contributed by atoms with Crippen LogP contribution in [0.3, 0.4) is 0 Å². The van der Waals surface area contributed by atoms with E-state index in [9.17, 15) is 8.78 Å². The lowest BCUT2D eigenvalue weighted by Crippen LogP contribution is -1.95. The van der Waals surface area contributed by atoms with Crippen LogP contribution in [0.5, 0.6) is 0 Å². The number of imidazole rings is 1. The fraction of sp³-hybridized carbons (Fsp3) is 0.143. The second-order valence-electron chi connectivity index (χ2n) is 4.44. The van der Waals surface area contributed by atoms with E-state index >= 15 is 0 Å². The quantitative estimate of drug-likeness (QED) is 0.671. The van der Waals surface area contributed by atoms with E-state index in [2.05, 4.69) is 9.97 Å². The highest BCUT2D eigenvalue weighted by molar-refractivity contribution is 5.81. The van der Waals surface area contributed by atoms with Gasteiger partial charge in [0.05, 0.1) is 5.52 Å². The molecule has 0 atom stereocenters. The topological polar surface area (TPSA) is 30.7 Å². The molecular formula is C14H11F2N3. The van der Waals surface area contributed by atoms with Crippen LogP contribution in [0.1, 0.15) is 5.56 Å². The Bertz CT molecular complexity index is 778. The average molecular weight is 259 g/mol. The molecule has 19 heavy (non-hydrogen) atoms. The summed E-state index contributed by atoms with van der Waals surface area (Å²) in [5, 5.41) is 0. The second-order valence-corrected chi connectivity index (χ2v) is 4.44. The van der Waals surface area contributed by atoms with Gasteiger partial charge in [-0.3, -0.25) is 4.98 Å². The Balaban J connectivity index is 2.35. The van der Waals surface area contributed by atoms with Crippen molar-refractivity contribution in [3.8, 4) is 11.4 Å². The highest BCUT2D eigenvalue weighted by atomic mass is 19.1. The molecule has 0 unspecified atom stereocenters. The van der Waals surface area contributed by atoms with Crippen molar-refractivity contribution in [3.63, 3.8) is 0 Å². The SMILES string of the molecule is Cc1cnccc1-c1nc2c(F)cc(F)cc2n1C. The molecule has 0 spiro atoms. The zero-order chi connectivity index (χ0) is 13.6. The predicted octanol–water partition coefficient (Wildman–Crippen LogP) is 3.22. The van der Waals surface area contributed by atoms with Crippen LogP contribution in [-0.4, -0.2) is 14.5 Å². The van der Waals surface area contributed by atoms with E-state index in [1.165, 1.54) is 6.07 Å². The first-order valence-corrected chi connectivity index (χ1v) is 5.80. The molecule has 0 fully saturated rings. The van der Waals surface area contributed by atoms with Gasteiger partial charge in [-0.1, -0.05) is 0 Å². The van der Waals surface area contributed by atoms with Crippen LogP contribution in [0.15, 0.2) is 30.6 Å². The van der Waals surface area contributed by atoms with Crippen LogP contribution < -0.4 is 0 Å².